The molecule has 0 atom stereocenters. The van der Waals surface area contributed by atoms with Gasteiger partial charge in [0, 0.05) is 12.6 Å². The molecule has 6 nitrogen and oxygen atoms in total. The first kappa shape index (κ1) is 28.6. The quantitative estimate of drug-likeness (QED) is 0.0953. The molecule has 0 aliphatic carbocycles. The van der Waals surface area contributed by atoms with Crippen molar-refractivity contribution in [3.63, 3.8) is 0 Å². The smallest absolute Gasteiger partial charge is 0.303 e. The molecule has 0 unspecified atom stereocenters. The van der Waals surface area contributed by atoms with Gasteiger partial charge in [-0.05, 0) is 19.3 Å². The van der Waals surface area contributed by atoms with Crippen LogP contribution in [0.25, 0.3) is 0 Å². The average Bonchev–Trinajstić information content (AvgIpc) is 2.65. The average molecular weight is 399 g/mol. The van der Waals surface area contributed by atoms with Crippen molar-refractivity contribution in [3.8, 4) is 0 Å². The van der Waals surface area contributed by atoms with E-state index in [4.69, 9.17) is 16.2 Å². The Bertz CT molecular complexity index is 374. The summed E-state index contributed by atoms with van der Waals surface area (Å²) in [5.41, 5.74) is 7.47. The summed E-state index contributed by atoms with van der Waals surface area (Å²) in [5.74, 6) is -0.768. The van der Waals surface area contributed by atoms with Crippen LogP contribution < -0.4 is 11.2 Å². The third-order valence-electron chi connectivity index (χ3n) is 4.46. The standard InChI is InChI=1S/C12H26N4.C10H20O2/c1-2-3-4-5-6-7-8-9-10-11-15-16-12(13)14;1-2-3-4-5-6-7-8-9-10(11)12/h11H,2-10H2,1H3,(H4,13,14,16);2-9H2,1H3,(H,11,12). The van der Waals surface area contributed by atoms with Crippen LogP contribution in [0, 0.1) is 5.41 Å². The van der Waals surface area contributed by atoms with Crippen LogP contribution in [0.5, 0.6) is 0 Å². The van der Waals surface area contributed by atoms with E-state index in [1.807, 2.05) is 0 Å². The summed E-state index contributed by atoms with van der Waals surface area (Å²) < 4.78 is 0. The molecule has 0 fully saturated rings. The van der Waals surface area contributed by atoms with Crippen LogP contribution in [-0.2, 0) is 4.79 Å². The molecule has 28 heavy (non-hydrogen) atoms. The predicted octanol–water partition coefficient (Wildman–Crippen LogP) is 6.20. The topological polar surface area (TPSA) is 112 Å². The lowest BCUT2D eigenvalue weighted by Gasteiger charge is -1.99. The van der Waals surface area contributed by atoms with Crippen LogP contribution in [0.3, 0.4) is 0 Å². The van der Waals surface area contributed by atoms with Gasteiger partial charge in [0.1, 0.15) is 0 Å². The van der Waals surface area contributed by atoms with Gasteiger partial charge in [-0.3, -0.25) is 10.2 Å². The minimum atomic E-state index is -0.663. The van der Waals surface area contributed by atoms with Crippen molar-refractivity contribution in [3.05, 3.63) is 0 Å². The first-order chi connectivity index (χ1) is 13.5. The highest BCUT2D eigenvalue weighted by Crippen LogP contribution is 2.09. The van der Waals surface area contributed by atoms with E-state index in [9.17, 15) is 4.79 Å². The van der Waals surface area contributed by atoms with E-state index < -0.39 is 5.97 Å². The van der Waals surface area contributed by atoms with E-state index in [0.717, 1.165) is 19.3 Å². The number of hydrogen-bond acceptors (Lipinski definition) is 3. The van der Waals surface area contributed by atoms with Gasteiger partial charge >= 0.3 is 5.97 Å². The number of rotatable bonds is 18. The third-order valence-corrected chi connectivity index (χ3v) is 4.46. The van der Waals surface area contributed by atoms with Crippen LogP contribution in [0.1, 0.15) is 123 Å². The second-order valence-corrected chi connectivity index (χ2v) is 7.37. The molecule has 166 valence electrons. The molecule has 0 aliphatic heterocycles. The highest BCUT2D eigenvalue weighted by atomic mass is 16.4. The Kier molecular flexibility index (Phi) is 26.0. The summed E-state index contributed by atoms with van der Waals surface area (Å²) in [6, 6.07) is 0. The molecule has 0 aromatic rings. The monoisotopic (exact) mass is 398 g/mol. The Balaban J connectivity index is 0. The fourth-order valence-electron chi connectivity index (χ4n) is 2.78. The molecule has 0 radical (unpaired) electrons. The summed E-state index contributed by atoms with van der Waals surface area (Å²) >= 11 is 0. The molecule has 0 rings (SSSR count). The molecule has 0 saturated heterocycles. The molecular formula is C22H46N4O2. The molecule has 0 aromatic heterocycles. The van der Waals surface area contributed by atoms with Crippen LogP contribution in [0.15, 0.2) is 5.10 Å². The van der Waals surface area contributed by atoms with Gasteiger partial charge in [0.25, 0.3) is 0 Å². The summed E-state index contributed by atoms with van der Waals surface area (Å²) in [4.78, 5) is 10.1. The van der Waals surface area contributed by atoms with Gasteiger partial charge in [-0.25, -0.2) is 5.43 Å². The lowest BCUT2D eigenvalue weighted by Crippen LogP contribution is -2.25. The molecule has 6 heteroatoms. The van der Waals surface area contributed by atoms with Gasteiger partial charge in [0.15, 0.2) is 0 Å². The fourth-order valence-corrected chi connectivity index (χ4v) is 2.78. The molecule has 0 bridgehead atoms. The highest BCUT2D eigenvalue weighted by molar-refractivity contribution is 5.75. The van der Waals surface area contributed by atoms with Crippen molar-refractivity contribution in [2.45, 2.75) is 123 Å². The number of carboxylic acid groups (broad SMARTS) is 1. The van der Waals surface area contributed by atoms with E-state index in [2.05, 4.69) is 24.4 Å². The van der Waals surface area contributed by atoms with Gasteiger partial charge in [-0.1, -0.05) is 97.3 Å². The Hall–Kier alpha value is -1.59. The molecule has 0 saturated carbocycles. The maximum Gasteiger partial charge on any atom is 0.303 e. The lowest BCUT2D eigenvalue weighted by atomic mass is 10.1. The summed E-state index contributed by atoms with van der Waals surface area (Å²) in [6.45, 7) is 4.44. The molecule has 0 aliphatic rings. The highest BCUT2D eigenvalue weighted by Gasteiger charge is 1.95. The van der Waals surface area contributed by atoms with Crippen molar-refractivity contribution in [2.75, 3.05) is 0 Å². The van der Waals surface area contributed by atoms with Gasteiger partial charge < -0.3 is 10.8 Å². The molecule has 0 heterocycles. The van der Waals surface area contributed by atoms with Crippen LogP contribution in [-0.4, -0.2) is 23.2 Å². The fraction of sp³-hybridized carbons (Fsp3) is 0.864. The Morgan fingerprint density at radius 2 is 1.29 bits per heavy atom. The SMILES string of the molecule is CCCCCCCCCC(=O)O.CCCCCCCCCCC=NNC(=N)N. The summed E-state index contributed by atoms with van der Waals surface area (Å²) in [5, 5.41) is 19.0. The number of carbonyl (C=O) groups is 1. The molecule has 0 spiro atoms. The minimum Gasteiger partial charge on any atom is -0.481 e. The van der Waals surface area contributed by atoms with Crippen molar-refractivity contribution in [1.82, 2.24) is 5.43 Å². The number of unbranched alkanes of at least 4 members (excludes halogenated alkanes) is 14. The zero-order valence-electron chi connectivity index (χ0n) is 18.5. The summed E-state index contributed by atoms with van der Waals surface area (Å²) in [6.07, 6.45) is 22.0. The molecule has 0 amide bonds. The zero-order chi connectivity index (χ0) is 21.3. The maximum atomic E-state index is 10.1. The number of aliphatic carboxylic acids is 1. The lowest BCUT2D eigenvalue weighted by molar-refractivity contribution is -0.137. The summed E-state index contributed by atoms with van der Waals surface area (Å²) in [7, 11) is 0. The molecular weight excluding hydrogens is 352 g/mol. The number of hydrogen-bond donors (Lipinski definition) is 4. The van der Waals surface area contributed by atoms with Crippen LogP contribution >= 0.6 is 0 Å². The van der Waals surface area contributed by atoms with E-state index in [1.165, 1.54) is 83.5 Å². The predicted molar refractivity (Wildman–Crippen MR) is 121 cm³/mol. The van der Waals surface area contributed by atoms with Crippen LogP contribution in [0.4, 0.5) is 0 Å². The maximum absolute atomic E-state index is 10.1. The first-order valence-electron chi connectivity index (χ1n) is 11.4. The third kappa shape index (κ3) is 32.1. The number of hydrazone groups is 1. The van der Waals surface area contributed by atoms with Crippen molar-refractivity contribution < 1.29 is 9.90 Å². The Morgan fingerprint density at radius 1 is 0.857 bits per heavy atom. The Labute approximate surface area is 173 Å². The van der Waals surface area contributed by atoms with Gasteiger partial charge in [-0.15, -0.1) is 0 Å². The number of nitrogens with two attached hydrogens (primary N) is 1. The zero-order valence-corrected chi connectivity index (χ0v) is 18.5. The second-order valence-electron chi connectivity index (χ2n) is 7.37. The van der Waals surface area contributed by atoms with Gasteiger partial charge in [0.2, 0.25) is 5.96 Å². The Morgan fingerprint density at radius 3 is 1.71 bits per heavy atom. The number of nitrogens with zero attached hydrogens (tertiary/aromatic N) is 1. The van der Waals surface area contributed by atoms with E-state index in [1.54, 1.807) is 6.21 Å². The molecule has 5 N–H and O–H groups in total. The van der Waals surface area contributed by atoms with Crippen molar-refractivity contribution in [2.24, 2.45) is 10.8 Å². The van der Waals surface area contributed by atoms with Crippen LogP contribution in [0.2, 0.25) is 0 Å². The van der Waals surface area contributed by atoms with E-state index in [0.29, 0.717) is 6.42 Å². The largest absolute Gasteiger partial charge is 0.481 e. The van der Waals surface area contributed by atoms with Crippen molar-refractivity contribution in [1.29, 1.82) is 5.41 Å². The number of guanidine groups is 1. The van der Waals surface area contributed by atoms with E-state index >= 15 is 0 Å². The second kappa shape index (κ2) is 25.4. The molecule has 0 aromatic carbocycles. The first-order valence-corrected chi connectivity index (χ1v) is 11.4. The number of nitrogens with one attached hydrogen (secondary N) is 2. The van der Waals surface area contributed by atoms with Gasteiger partial charge in [0.05, 0.1) is 0 Å². The normalized spacial score (nSPS) is 10.5. The van der Waals surface area contributed by atoms with Gasteiger partial charge in [-0.2, -0.15) is 5.10 Å². The van der Waals surface area contributed by atoms with Crippen molar-refractivity contribution >= 4 is 18.1 Å². The number of carboxylic acids is 1. The van der Waals surface area contributed by atoms with E-state index in [-0.39, 0.29) is 5.96 Å². The minimum absolute atomic E-state index is 0.104.